The number of hydrogen-bond donors (Lipinski definition) is 2. The number of aromatic hydroxyl groups is 1. The van der Waals surface area contributed by atoms with Crippen LogP contribution in [0.15, 0.2) is 39.3 Å². The Balaban J connectivity index is 1.71. The van der Waals surface area contributed by atoms with Gasteiger partial charge in [0, 0.05) is 15.0 Å². The summed E-state index contributed by atoms with van der Waals surface area (Å²) in [5, 5.41) is 12.9. The van der Waals surface area contributed by atoms with Crippen LogP contribution in [0.5, 0.6) is 11.5 Å². The number of carbonyl (C=O) groups excluding carboxylic acids is 1. The highest BCUT2D eigenvalue weighted by Gasteiger charge is 2.23. The molecule has 0 saturated heterocycles. The van der Waals surface area contributed by atoms with Gasteiger partial charge in [0.2, 0.25) is 0 Å². The highest BCUT2D eigenvalue weighted by Crippen LogP contribution is 2.34. The molecule has 1 aliphatic carbocycles. The number of phenolic OH excluding ortho intramolecular Hbond substituents is 1. The van der Waals surface area contributed by atoms with E-state index in [1.54, 1.807) is 6.07 Å². The van der Waals surface area contributed by atoms with Crippen molar-refractivity contribution in [2.45, 2.75) is 45.1 Å². The first-order valence-electron chi connectivity index (χ1n) is 9.05. The summed E-state index contributed by atoms with van der Waals surface area (Å²) in [7, 11) is 0. The van der Waals surface area contributed by atoms with E-state index in [-0.39, 0.29) is 18.4 Å². The van der Waals surface area contributed by atoms with Gasteiger partial charge in [-0.1, -0.05) is 57.8 Å². The SMILES string of the molecule is CC(C)c1cc(Cc2c(Br)cc(OCC(=O)NC3CC3)cc2Br)ccc1O. The molecule has 27 heavy (non-hydrogen) atoms. The maximum absolute atomic E-state index is 11.8. The first-order valence-corrected chi connectivity index (χ1v) is 10.6. The maximum Gasteiger partial charge on any atom is 0.258 e. The lowest BCUT2D eigenvalue weighted by atomic mass is 9.96. The number of amides is 1. The minimum Gasteiger partial charge on any atom is -0.508 e. The number of carbonyl (C=O) groups is 1. The Hall–Kier alpha value is -1.53. The van der Waals surface area contributed by atoms with Crippen molar-refractivity contribution in [3.63, 3.8) is 0 Å². The van der Waals surface area contributed by atoms with Gasteiger partial charge in [-0.25, -0.2) is 0 Å². The molecule has 0 heterocycles. The van der Waals surface area contributed by atoms with Gasteiger partial charge in [0.1, 0.15) is 11.5 Å². The molecule has 2 N–H and O–H groups in total. The molecule has 1 aliphatic rings. The number of rotatable bonds is 7. The van der Waals surface area contributed by atoms with E-state index in [0.717, 1.165) is 38.5 Å². The lowest BCUT2D eigenvalue weighted by Gasteiger charge is -2.14. The Morgan fingerprint density at radius 2 is 1.89 bits per heavy atom. The minimum atomic E-state index is -0.0841. The van der Waals surface area contributed by atoms with Crippen molar-refractivity contribution in [2.24, 2.45) is 0 Å². The second-order valence-corrected chi connectivity index (χ2v) is 8.93. The van der Waals surface area contributed by atoms with Gasteiger partial charge in [-0.05, 0) is 60.1 Å². The largest absolute Gasteiger partial charge is 0.508 e. The van der Waals surface area contributed by atoms with Gasteiger partial charge in [-0.15, -0.1) is 0 Å². The number of hydrogen-bond acceptors (Lipinski definition) is 3. The zero-order valence-electron chi connectivity index (χ0n) is 15.4. The molecule has 4 nitrogen and oxygen atoms in total. The van der Waals surface area contributed by atoms with Crippen LogP contribution in [0.4, 0.5) is 0 Å². The fourth-order valence-electron chi connectivity index (χ4n) is 2.86. The molecule has 0 atom stereocenters. The quantitative estimate of drug-likeness (QED) is 0.547. The highest BCUT2D eigenvalue weighted by molar-refractivity contribution is 9.11. The van der Waals surface area contributed by atoms with Crippen molar-refractivity contribution in [1.82, 2.24) is 5.32 Å². The Morgan fingerprint density at radius 1 is 1.22 bits per heavy atom. The van der Waals surface area contributed by atoms with Crippen LogP contribution in [0.1, 0.15) is 49.3 Å². The molecule has 0 aromatic heterocycles. The molecule has 1 fully saturated rings. The van der Waals surface area contributed by atoms with Gasteiger partial charge in [0.25, 0.3) is 5.91 Å². The van der Waals surface area contributed by atoms with E-state index in [4.69, 9.17) is 4.74 Å². The molecule has 0 spiro atoms. The number of phenols is 1. The number of benzene rings is 2. The van der Waals surface area contributed by atoms with Crippen LogP contribution in [0.25, 0.3) is 0 Å². The highest BCUT2D eigenvalue weighted by atomic mass is 79.9. The lowest BCUT2D eigenvalue weighted by molar-refractivity contribution is -0.123. The monoisotopic (exact) mass is 495 g/mol. The molecule has 3 rings (SSSR count). The Bertz CT molecular complexity index is 824. The molecule has 0 bridgehead atoms. The predicted octanol–water partition coefficient (Wildman–Crippen LogP) is 5.29. The number of nitrogens with one attached hydrogen (secondary N) is 1. The second kappa shape index (κ2) is 8.65. The fourth-order valence-corrected chi connectivity index (χ4v) is 4.28. The van der Waals surface area contributed by atoms with Crippen LogP contribution < -0.4 is 10.1 Å². The third-order valence-electron chi connectivity index (χ3n) is 4.52. The average molecular weight is 497 g/mol. The van der Waals surface area contributed by atoms with Gasteiger partial charge in [0.05, 0.1) is 0 Å². The first-order chi connectivity index (χ1) is 12.8. The van der Waals surface area contributed by atoms with Crippen LogP contribution in [0.2, 0.25) is 0 Å². The Kier molecular flexibility index (Phi) is 6.48. The van der Waals surface area contributed by atoms with E-state index >= 15 is 0 Å². The molecule has 1 saturated carbocycles. The van der Waals surface area contributed by atoms with Crippen molar-refractivity contribution in [3.05, 3.63) is 56.0 Å². The van der Waals surface area contributed by atoms with E-state index in [9.17, 15) is 9.90 Å². The summed E-state index contributed by atoms with van der Waals surface area (Å²) in [5.74, 6) is 1.14. The summed E-state index contributed by atoms with van der Waals surface area (Å²) in [6.45, 7) is 4.15. The zero-order valence-corrected chi connectivity index (χ0v) is 18.6. The van der Waals surface area contributed by atoms with Gasteiger partial charge in [0.15, 0.2) is 6.61 Å². The van der Waals surface area contributed by atoms with Gasteiger partial charge in [-0.3, -0.25) is 4.79 Å². The van der Waals surface area contributed by atoms with Gasteiger partial charge < -0.3 is 15.2 Å². The summed E-state index contributed by atoms with van der Waals surface area (Å²) >= 11 is 7.23. The third-order valence-corrected chi connectivity index (χ3v) is 5.94. The molecule has 144 valence electrons. The summed E-state index contributed by atoms with van der Waals surface area (Å²) in [4.78, 5) is 11.8. The standard InChI is InChI=1S/C21H23Br2NO3/c1-12(2)16-7-13(3-6-20(16)25)8-17-18(22)9-15(10-19(17)23)27-11-21(26)24-14-4-5-14/h3,6-7,9-10,12,14,25H,4-5,8,11H2,1-2H3,(H,24,26). The van der Waals surface area contributed by atoms with Crippen LogP contribution in [0.3, 0.4) is 0 Å². The van der Waals surface area contributed by atoms with Crippen molar-refractivity contribution >= 4 is 37.8 Å². The summed E-state index contributed by atoms with van der Waals surface area (Å²) < 4.78 is 7.45. The van der Waals surface area contributed by atoms with Crippen molar-refractivity contribution < 1.29 is 14.6 Å². The van der Waals surface area contributed by atoms with Crippen molar-refractivity contribution in [2.75, 3.05) is 6.61 Å². The third kappa shape index (κ3) is 5.48. The van der Waals surface area contributed by atoms with Crippen LogP contribution in [-0.4, -0.2) is 23.7 Å². The molecule has 0 aliphatic heterocycles. The molecular weight excluding hydrogens is 474 g/mol. The predicted molar refractivity (Wildman–Crippen MR) is 114 cm³/mol. The zero-order chi connectivity index (χ0) is 19.6. The molecule has 1 amide bonds. The molecule has 6 heteroatoms. The van der Waals surface area contributed by atoms with Crippen LogP contribution >= 0.6 is 31.9 Å². The van der Waals surface area contributed by atoms with E-state index in [0.29, 0.717) is 24.0 Å². The smallest absolute Gasteiger partial charge is 0.258 e. The van der Waals surface area contributed by atoms with Crippen LogP contribution in [-0.2, 0) is 11.2 Å². The number of halogens is 2. The van der Waals surface area contributed by atoms with E-state index in [2.05, 4.69) is 51.0 Å². The Morgan fingerprint density at radius 3 is 2.48 bits per heavy atom. The molecular formula is C21H23Br2NO3. The average Bonchev–Trinajstić information content (AvgIpc) is 3.41. The lowest BCUT2D eigenvalue weighted by Crippen LogP contribution is -2.30. The van der Waals surface area contributed by atoms with Crippen molar-refractivity contribution in [1.29, 1.82) is 0 Å². The first kappa shape index (κ1) is 20.2. The van der Waals surface area contributed by atoms with E-state index < -0.39 is 0 Å². The van der Waals surface area contributed by atoms with Crippen molar-refractivity contribution in [3.8, 4) is 11.5 Å². The fraction of sp³-hybridized carbons (Fsp3) is 0.381. The molecule has 0 unspecified atom stereocenters. The summed E-state index contributed by atoms with van der Waals surface area (Å²) in [6, 6.07) is 9.84. The summed E-state index contributed by atoms with van der Waals surface area (Å²) in [5.41, 5.74) is 3.15. The Labute approximate surface area is 176 Å². The van der Waals surface area contributed by atoms with Gasteiger partial charge >= 0.3 is 0 Å². The van der Waals surface area contributed by atoms with Gasteiger partial charge in [-0.2, -0.15) is 0 Å². The maximum atomic E-state index is 11.8. The molecule has 2 aromatic rings. The topological polar surface area (TPSA) is 58.6 Å². The second-order valence-electron chi connectivity index (χ2n) is 7.22. The van der Waals surface area contributed by atoms with E-state index in [1.807, 2.05) is 24.3 Å². The molecule has 2 aromatic carbocycles. The van der Waals surface area contributed by atoms with E-state index in [1.165, 1.54) is 0 Å². The summed E-state index contributed by atoms with van der Waals surface area (Å²) in [6.07, 6.45) is 2.84. The minimum absolute atomic E-state index is 0.0183. The van der Waals surface area contributed by atoms with Crippen LogP contribution in [0, 0.1) is 0 Å². The molecule has 0 radical (unpaired) electrons. The number of ether oxygens (including phenoxy) is 1. The normalized spacial score (nSPS) is 13.7.